The largest absolute Gasteiger partial charge is 0.493 e. The zero-order valence-corrected chi connectivity index (χ0v) is 21.3. The number of methoxy groups -OCH3 is 1. The van der Waals surface area contributed by atoms with Crippen molar-refractivity contribution in [2.75, 3.05) is 14.2 Å². The Labute approximate surface area is 215 Å². The monoisotopic (exact) mass is 552 g/mol. The minimum absolute atomic E-state index is 0.174. The van der Waals surface area contributed by atoms with Crippen molar-refractivity contribution in [2.24, 2.45) is 4.99 Å². The van der Waals surface area contributed by atoms with Crippen LogP contribution in [-0.4, -0.2) is 41.2 Å². The summed E-state index contributed by atoms with van der Waals surface area (Å²) in [5.74, 6) is -0.0622. The number of carboxylic acids is 1. The molecule has 0 atom stereocenters. The Morgan fingerprint density at radius 1 is 1.11 bits per heavy atom. The summed E-state index contributed by atoms with van der Waals surface area (Å²) < 4.78 is 12.2. The van der Waals surface area contributed by atoms with Gasteiger partial charge in [0.05, 0.1) is 23.3 Å². The molecule has 35 heavy (non-hydrogen) atoms. The van der Waals surface area contributed by atoms with Gasteiger partial charge in [-0.1, -0.05) is 46.3 Å². The van der Waals surface area contributed by atoms with Gasteiger partial charge in [0.1, 0.15) is 6.61 Å². The molecule has 1 saturated heterocycles. The summed E-state index contributed by atoms with van der Waals surface area (Å²) >= 11 is 4.81. The summed E-state index contributed by atoms with van der Waals surface area (Å²) in [5, 5.41) is 9.55. The number of carbonyl (C=O) groups excluding carboxylic acids is 1. The molecule has 0 unspecified atom stereocenters. The summed E-state index contributed by atoms with van der Waals surface area (Å²) in [6.07, 6.45) is 1.77. The molecule has 1 heterocycles. The topological polar surface area (TPSA) is 88.4 Å². The highest BCUT2D eigenvalue weighted by atomic mass is 79.9. The van der Waals surface area contributed by atoms with Crippen molar-refractivity contribution < 1.29 is 24.2 Å². The lowest BCUT2D eigenvalue weighted by Crippen LogP contribution is -2.23. The molecule has 1 N–H and O–H groups in total. The molecule has 0 bridgehead atoms. The van der Waals surface area contributed by atoms with Gasteiger partial charge in [-0.2, -0.15) is 0 Å². The SMILES string of the molecule is COc1cc(C=C2SC(=Nc3ccc(C(=O)O)cc3)N(C)C2=O)c(Br)cc1OCc1ccccc1. The van der Waals surface area contributed by atoms with Gasteiger partial charge in [-0.05, 0) is 65.4 Å². The Balaban J connectivity index is 1.56. The third-order valence-corrected chi connectivity index (χ3v) is 6.90. The van der Waals surface area contributed by atoms with Crippen LogP contribution in [0, 0.1) is 0 Å². The fourth-order valence-electron chi connectivity index (χ4n) is 3.25. The number of carboxylic acid groups (broad SMARTS) is 1. The maximum absolute atomic E-state index is 12.9. The Bertz CT molecular complexity index is 1320. The van der Waals surface area contributed by atoms with E-state index in [4.69, 9.17) is 14.6 Å². The Kier molecular flexibility index (Phi) is 7.57. The molecule has 0 aliphatic carbocycles. The number of hydrogen-bond acceptors (Lipinski definition) is 6. The van der Waals surface area contributed by atoms with E-state index in [-0.39, 0.29) is 11.5 Å². The molecule has 178 valence electrons. The summed E-state index contributed by atoms with van der Waals surface area (Å²) in [7, 11) is 3.22. The van der Waals surface area contributed by atoms with Crippen LogP contribution in [0.4, 0.5) is 5.69 Å². The van der Waals surface area contributed by atoms with Crippen molar-refractivity contribution in [2.45, 2.75) is 6.61 Å². The van der Waals surface area contributed by atoms with Crippen molar-refractivity contribution in [1.29, 1.82) is 0 Å². The Morgan fingerprint density at radius 3 is 2.49 bits per heavy atom. The number of likely N-dealkylation sites (N-methyl/N-ethyl adjacent to an activating group) is 1. The van der Waals surface area contributed by atoms with Crippen molar-refractivity contribution in [3.05, 3.63) is 92.8 Å². The second-order valence-electron chi connectivity index (χ2n) is 7.52. The van der Waals surface area contributed by atoms with Gasteiger partial charge in [0, 0.05) is 11.5 Å². The van der Waals surface area contributed by atoms with Crippen LogP contribution in [0.2, 0.25) is 0 Å². The molecule has 4 rings (SSSR count). The molecular weight excluding hydrogens is 532 g/mol. The van der Waals surface area contributed by atoms with Gasteiger partial charge >= 0.3 is 5.97 Å². The van der Waals surface area contributed by atoms with Crippen LogP contribution in [-0.2, 0) is 11.4 Å². The van der Waals surface area contributed by atoms with Crippen LogP contribution in [0.15, 0.2) is 81.1 Å². The van der Waals surface area contributed by atoms with E-state index in [9.17, 15) is 9.59 Å². The zero-order chi connectivity index (χ0) is 24.9. The smallest absolute Gasteiger partial charge is 0.335 e. The number of aromatic carboxylic acids is 1. The lowest BCUT2D eigenvalue weighted by Gasteiger charge is -2.13. The molecule has 1 fully saturated rings. The first-order valence-electron chi connectivity index (χ1n) is 10.5. The minimum Gasteiger partial charge on any atom is -0.493 e. The predicted molar refractivity (Wildman–Crippen MR) is 140 cm³/mol. The van der Waals surface area contributed by atoms with Crippen LogP contribution in [0.25, 0.3) is 6.08 Å². The third kappa shape index (κ3) is 5.75. The molecule has 7 nitrogen and oxygen atoms in total. The number of rotatable bonds is 7. The van der Waals surface area contributed by atoms with E-state index in [1.807, 2.05) is 42.5 Å². The highest BCUT2D eigenvalue weighted by Gasteiger charge is 2.30. The van der Waals surface area contributed by atoms with Gasteiger partial charge in [0.2, 0.25) is 0 Å². The second kappa shape index (κ2) is 10.8. The van der Waals surface area contributed by atoms with Gasteiger partial charge in [-0.15, -0.1) is 0 Å². The molecule has 1 aliphatic heterocycles. The number of nitrogens with zero attached hydrogens (tertiary/aromatic N) is 2. The number of aliphatic imine (C=N–C) groups is 1. The van der Waals surface area contributed by atoms with Gasteiger partial charge in [-0.3, -0.25) is 9.69 Å². The fraction of sp³-hybridized carbons (Fsp3) is 0.115. The van der Waals surface area contributed by atoms with E-state index >= 15 is 0 Å². The third-order valence-electron chi connectivity index (χ3n) is 5.15. The van der Waals surface area contributed by atoms with E-state index in [1.54, 1.807) is 32.4 Å². The Hall–Kier alpha value is -3.56. The maximum atomic E-state index is 12.9. The number of benzene rings is 3. The molecule has 3 aromatic rings. The number of amidine groups is 1. The fourth-order valence-corrected chi connectivity index (χ4v) is 4.67. The van der Waals surface area contributed by atoms with Crippen LogP contribution >= 0.6 is 27.7 Å². The van der Waals surface area contributed by atoms with Crippen LogP contribution < -0.4 is 9.47 Å². The molecule has 0 spiro atoms. The summed E-state index contributed by atoms with van der Waals surface area (Å²) in [5.41, 5.74) is 2.52. The number of carbonyl (C=O) groups is 2. The first-order chi connectivity index (χ1) is 16.9. The highest BCUT2D eigenvalue weighted by Crippen LogP contribution is 2.38. The first kappa shape index (κ1) is 24.6. The van der Waals surface area contributed by atoms with E-state index < -0.39 is 5.97 Å². The van der Waals surface area contributed by atoms with Crippen molar-refractivity contribution >= 4 is 56.5 Å². The van der Waals surface area contributed by atoms with Crippen LogP contribution in [0.1, 0.15) is 21.5 Å². The molecule has 1 aliphatic rings. The summed E-state index contributed by atoms with van der Waals surface area (Å²) in [6.45, 7) is 0.399. The quantitative estimate of drug-likeness (QED) is 0.363. The van der Waals surface area contributed by atoms with Crippen molar-refractivity contribution in [3.63, 3.8) is 0 Å². The van der Waals surface area contributed by atoms with E-state index in [0.717, 1.165) is 15.6 Å². The van der Waals surface area contributed by atoms with Crippen LogP contribution in [0.3, 0.4) is 0 Å². The molecule has 0 aromatic heterocycles. The average Bonchev–Trinajstić information content (AvgIpc) is 3.12. The average molecular weight is 553 g/mol. The van der Waals surface area contributed by atoms with Crippen molar-refractivity contribution in [3.8, 4) is 11.5 Å². The molecular formula is C26H21BrN2O5S. The molecule has 3 aromatic carbocycles. The predicted octanol–water partition coefficient (Wildman–Crippen LogP) is 5.97. The number of thioether (sulfide) groups is 1. The summed E-state index contributed by atoms with van der Waals surface area (Å²) in [4.78, 5) is 30.4. The van der Waals surface area contributed by atoms with Gasteiger partial charge < -0.3 is 14.6 Å². The molecule has 0 saturated carbocycles. The lowest BCUT2D eigenvalue weighted by atomic mass is 10.1. The molecule has 9 heteroatoms. The van der Waals surface area contributed by atoms with E-state index in [0.29, 0.717) is 33.9 Å². The maximum Gasteiger partial charge on any atom is 0.335 e. The van der Waals surface area contributed by atoms with Crippen LogP contribution in [0.5, 0.6) is 11.5 Å². The minimum atomic E-state index is -1.01. The Morgan fingerprint density at radius 2 is 1.83 bits per heavy atom. The second-order valence-corrected chi connectivity index (χ2v) is 9.38. The highest BCUT2D eigenvalue weighted by molar-refractivity contribution is 9.10. The number of halogens is 1. The summed E-state index contributed by atoms with van der Waals surface area (Å²) in [6, 6.07) is 19.6. The molecule has 1 amide bonds. The van der Waals surface area contributed by atoms with E-state index in [1.165, 1.54) is 28.8 Å². The normalized spacial score (nSPS) is 15.6. The van der Waals surface area contributed by atoms with E-state index in [2.05, 4.69) is 20.9 Å². The number of amides is 1. The van der Waals surface area contributed by atoms with Crippen molar-refractivity contribution in [1.82, 2.24) is 4.90 Å². The van der Waals surface area contributed by atoms with Gasteiger partial charge in [0.25, 0.3) is 5.91 Å². The number of hydrogen-bond donors (Lipinski definition) is 1. The van der Waals surface area contributed by atoms with Gasteiger partial charge in [0.15, 0.2) is 16.7 Å². The zero-order valence-electron chi connectivity index (χ0n) is 18.9. The van der Waals surface area contributed by atoms with Gasteiger partial charge in [-0.25, -0.2) is 9.79 Å². The molecule has 0 radical (unpaired) electrons. The standard InChI is InChI=1S/C26H21BrN2O5S/c1-29-24(30)23(35-26(29)28-19-10-8-17(9-11-19)25(31)32)13-18-12-21(33-2)22(14-20(18)27)34-15-16-6-4-3-5-7-16/h3-14H,15H2,1-2H3,(H,31,32). The number of ether oxygens (including phenoxy) is 2. The lowest BCUT2D eigenvalue weighted by molar-refractivity contribution is -0.121. The first-order valence-corrected chi connectivity index (χ1v) is 12.1.